The summed E-state index contributed by atoms with van der Waals surface area (Å²) in [6.45, 7) is 3.70. The van der Waals surface area contributed by atoms with E-state index in [0.29, 0.717) is 5.92 Å². The quantitative estimate of drug-likeness (QED) is 0.765. The van der Waals surface area contributed by atoms with Gasteiger partial charge < -0.3 is 9.30 Å². The molecule has 5 nitrogen and oxygen atoms in total. The summed E-state index contributed by atoms with van der Waals surface area (Å²) in [7, 11) is 2.14. The van der Waals surface area contributed by atoms with Gasteiger partial charge in [-0.3, -0.25) is 9.69 Å². The molecule has 4 rings (SSSR count). The van der Waals surface area contributed by atoms with Gasteiger partial charge >= 0.3 is 5.97 Å². The highest BCUT2D eigenvalue weighted by atomic mass is 16.6. The van der Waals surface area contributed by atoms with Crippen LogP contribution in [-0.4, -0.2) is 39.1 Å². The Morgan fingerprint density at radius 2 is 2.15 bits per heavy atom. The fourth-order valence-electron chi connectivity index (χ4n) is 3.58. The third-order valence-electron chi connectivity index (χ3n) is 4.85. The van der Waals surface area contributed by atoms with Crippen LogP contribution in [0.2, 0.25) is 0 Å². The third-order valence-corrected chi connectivity index (χ3v) is 4.85. The van der Waals surface area contributed by atoms with Gasteiger partial charge in [0.15, 0.2) is 0 Å². The van der Waals surface area contributed by atoms with Crippen LogP contribution in [0.15, 0.2) is 0 Å². The molecule has 2 fully saturated rings. The highest BCUT2D eigenvalue weighted by Gasteiger charge is 2.39. The molecule has 0 bridgehead atoms. The first-order chi connectivity index (χ1) is 9.63. The molecule has 2 atom stereocenters. The molecule has 1 saturated carbocycles. The lowest BCUT2D eigenvalue weighted by Crippen LogP contribution is -2.42. The summed E-state index contributed by atoms with van der Waals surface area (Å²) in [4.78, 5) is 19.0. The molecular formula is C15H21N3O2. The lowest BCUT2D eigenvalue weighted by Gasteiger charge is -2.29. The fourth-order valence-corrected chi connectivity index (χ4v) is 3.58. The topological polar surface area (TPSA) is 47.4 Å². The van der Waals surface area contributed by atoms with Crippen molar-refractivity contribution < 1.29 is 9.53 Å². The van der Waals surface area contributed by atoms with Crippen LogP contribution in [0.5, 0.6) is 0 Å². The lowest BCUT2D eigenvalue weighted by molar-refractivity contribution is -0.145. The minimum absolute atomic E-state index is 0.0552. The molecule has 1 aromatic rings. The van der Waals surface area contributed by atoms with E-state index in [1.54, 1.807) is 0 Å². The number of imidazole rings is 1. The van der Waals surface area contributed by atoms with Crippen LogP contribution in [0.3, 0.4) is 0 Å². The van der Waals surface area contributed by atoms with Crippen molar-refractivity contribution in [1.29, 1.82) is 0 Å². The second-order valence-electron chi connectivity index (χ2n) is 6.42. The zero-order chi connectivity index (χ0) is 13.9. The van der Waals surface area contributed by atoms with Crippen LogP contribution in [-0.2, 0) is 29.5 Å². The van der Waals surface area contributed by atoms with Gasteiger partial charge in [-0.05, 0) is 19.8 Å². The minimum atomic E-state index is -0.0652. The number of aromatic nitrogens is 2. The predicted octanol–water partition coefficient (Wildman–Crippen LogP) is 1.36. The zero-order valence-electron chi connectivity index (χ0n) is 12.1. The van der Waals surface area contributed by atoms with Crippen molar-refractivity contribution in [2.24, 2.45) is 7.05 Å². The van der Waals surface area contributed by atoms with Crippen molar-refractivity contribution in [3.8, 4) is 0 Å². The number of hydrogen-bond acceptors (Lipinski definition) is 4. The number of nitrogens with zero attached hydrogens (tertiary/aromatic N) is 3. The minimum Gasteiger partial charge on any atom is -0.461 e. The number of cyclic esters (lactones) is 1. The van der Waals surface area contributed by atoms with Crippen LogP contribution < -0.4 is 0 Å². The van der Waals surface area contributed by atoms with Crippen LogP contribution >= 0.6 is 0 Å². The van der Waals surface area contributed by atoms with Crippen molar-refractivity contribution >= 4 is 5.97 Å². The van der Waals surface area contributed by atoms with E-state index in [2.05, 4.69) is 16.5 Å². The molecule has 0 radical (unpaired) electrons. The zero-order valence-corrected chi connectivity index (χ0v) is 12.1. The molecule has 1 aromatic heterocycles. The highest BCUT2D eigenvalue weighted by Crippen LogP contribution is 2.40. The molecule has 5 heteroatoms. The summed E-state index contributed by atoms with van der Waals surface area (Å²) in [5, 5.41) is 0. The van der Waals surface area contributed by atoms with Gasteiger partial charge in [0.25, 0.3) is 0 Å². The average Bonchev–Trinajstić information content (AvgIpc) is 3.14. The van der Waals surface area contributed by atoms with Crippen molar-refractivity contribution in [3.63, 3.8) is 0 Å². The Kier molecular flexibility index (Phi) is 2.67. The van der Waals surface area contributed by atoms with E-state index in [1.807, 2.05) is 6.92 Å². The van der Waals surface area contributed by atoms with Crippen LogP contribution in [0.25, 0.3) is 0 Å². The molecule has 108 valence electrons. The maximum atomic E-state index is 11.9. The molecule has 3 aliphatic rings. The van der Waals surface area contributed by atoms with E-state index in [4.69, 9.17) is 9.72 Å². The summed E-state index contributed by atoms with van der Waals surface area (Å²) in [6.07, 6.45) is 4.42. The van der Waals surface area contributed by atoms with Gasteiger partial charge in [-0.15, -0.1) is 0 Å². The van der Waals surface area contributed by atoms with Crippen LogP contribution in [0, 0.1) is 0 Å². The fraction of sp³-hybridized carbons (Fsp3) is 0.733. The molecular weight excluding hydrogens is 254 g/mol. The Hall–Kier alpha value is -1.36. The monoisotopic (exact) mass is 275 g/mol. The largest absolute Gasteiger partial charge is 0.461 e. The van der Waals surface area contributed by atoms with Gasteiger partial charge in [-0.25, -0.2) is 4.98 Å². The number of carbonyl (C=O) groups is 1. The third kappa shape index (κ3) is 1.87. The molecule has 0 amide bonds. The summed E-state index contributed by atoms with van der Waals surface area (Å²) < 4.78 is 7.58. The molecule has 3 heterocycles. The summed E-state index contributed by atoms with van der Waals surface area (Å²) >= 11 is 0. The van der Waals surface area contributed by atoms with Crippen LogP contribution in [0.4, 0.5) is 0 Å². The Morgan fingerprint density at radius 3 is 2.80 bits per heavy atom. The van der Waals surface area contributed by atoms with E-state index in [0.717, 1.165) is 25.9 Å². The second-order valence-corrected chi connectivity index (χ2v) is 6.42. The average molecular weight is 275 g/mol. The van der Waals surface area contributed by atoms with Gasteiger partial charge in [-0.1, -0.05) is 0 Å². The number of fused-ring (bicyclic) bond motifs is 1. The van der Waals surface area contributed by atoms with E-state index in [1.165, 1.54) is 30.1 Å². The summed E-state index contributed by atoms with van der Waals surface area (Å²) in [6, 6.07) is -0.0652. The maximum Gasteiger partial charge on any atom is 0.323 e. The Morgan fingerprint density at radius 1 is 1.35 bits per heavy atom. The number of ether oxygens (including phenoxy) is 1. The Bertz CT molecular complexity index is 562. The molecule has 20 heavy (non-hydrogen) atoms. The van der Waals surface area contributed by atoms with Gasteiger partial charge in [0.2, 0.25) is 0 Å². The molecule has 0 N–H and O–H groups in total. The smallest absolute Gasteiger partial charge is 0.323 e. The molecule has 0 aromatic carbocycles. The first kappa shape index (κ1) is 12.4. The number of carbonyl (C=O) groups excluding carboxylic acids is 1. The van der Waals surface area contributed by atoms with E-state index in [9.17, 15) is 4.79 Å². The van der Waals surface area contributed by atoms with E-state index >= 15 is 0 Å². The van der Waals surface area contributed by atoms with Gasteiger partial charge in [0, 0.05) is 44.6 Å². The van der Waals surface area contributed by atoms with E-state index in [-0.39, 0.29) is 18.1 Å². The first-order valence-corrected chi connectivity index (χ1v) is 7.62. The standard InChI is InChI=1S/C15H21N3O2/c1-9-7-13(15(19)20-9)18-6-5-12-11(8-18)16-14(17(12)2)10-3-4-10/h9-10,13H,3-8H2,1-2H3/t9-,13-/m0/s1. The van der Waals surface area contributed by atoms with Gasteiger partial charge in [0.1, 0.15) is 18.0 Å². The number of hydrogen-bond donors (Lipinski definition) is 0. The molecule has 2 aliphatic heterocycles. The second kappa shape index (κ2) is 4.32. The summed E-state index contributed by atoms with van der Waals surface area (Å²) in [5.41, 5.74) is 2.54. The van der Waals surface area contributed by atoms with Crippen molar-refractivity contribution in [2.45, 2.75) is 57.2 Å². The predicted molar refractivity (Wildman–Crippen MR) is 73.3 cm³/mol. The van der Waals surface area contributed by atoms with Crippen molar-refractivity contribution in [3.05, 3.63) is 17.2 Å². The van der Waals surface area contributed by atoms with Gasteiger partial charge in [0.05, 0.1) is 5.69 Å². The Balaban J connectivity index is 1.57. The summed E-state index contributed by atoms with van der Waals surface area (Å²) in [5.74, 6) is 1.87. The molecule has 1 aliphatic carbocycles. The van der Waals surface area contributed by atoms with Crippen molar-refractivity contribution in [2.75, 3.05) is 6.54 Å². The molecule has 1 saturated heterocycles. The first-order valence-electron chi connectivity index (χ1n) is 7.62. The number of rotatable bonds is 2. The maximum absolute atomic E-state index is 11.9. The SMILES string of the molecule is C[C@H]1C[C@H](N2CCc3c(nc(C4CC4)n3C)C2)C(=O)O1. The van der Waals surface area contributed by atoms with Crippen LogP contribution in [0.1, 0.15) is 49.3 Å². The molecule has 0 unspecified atom stereocenters. The lowest BCUT2D eigenvalue weighted by atomic mass is 10.1. The van der Waals surface area contributed by atoms with E-state index < -0.39 is 0 Å². The van der Waals surface area contributed by atoms with Crippen molar-refractivity contribution in [1.82, 2.24) is 14.5 Å². The highest BCUT2D eigenvalue weighted by molar-refractivity contribution is 5.78. The number of esters is 1. The molecule has 0 spiro atoms. The van der Waals surface area contributed by atoms with Gasteiger partial charge in [-0.2, -0.15) is 0 Å². The Labute approximate surface area is 118 Å². The normalized spacial score (nSPS) is 30.4.